The van der Waals surface area contributed by atoms with Crippen LogP contribution in [0.15, 0.2) is 0 Å². The third-order valence-corrected chi connectivity index (χ3v) is 6.72. The summed E-state index contributed by atoms with van der Waals surface area (Å²) in [5.74, 6) is 0.637. The van der Waals surface area contributed by atoms with E-state index in [0.29, 0.717) is 19.0 Å². The van der Waals surface area contributed by atoms with Gasteiger partial charge in [0, 0.05) is 23.9 Å². The number of rotatable bonds is 3. The number of sulfonamides is 1. The zero-order valence-corrected chi connectivity index (χ0v) is 12.8. The first-order valence-electron chi connectivity index (χ1n) is 6.35. The summed E-state index contributed by atoms with van der Waals surface area (Å²) in [6.45, 7) is 7.10. The summed E-state index contributed by atoms with van der Waals surface area (Å²) in [7, 11) is -3.01. The largest absolute Gasteiger partial charge is 0.246 e. The van der Waals surface area contributed by atoms with Crippen LogP contribution in [-0.2, 0) is 10.0 Å². The molecule has 4 nitrogen and oxygen atoms in total. The molecule has 1 aliphatic rings. The number of aryl methyl sites for hydroxylation is 2. The molecule has 1 fully saturated rings. The monoisotopic (exact) mass is 288 g/mol. The minimum Gasteiger partial charge on any atom is -0.246 e. The molecule has 6 heteroatoms. The predicted octanol–water partition coefficient (Wildman–Crippen LogP) is 2.29. The van der Waals surface area contributed by atoms with Crippen LogP contribution in [0.4, 0.5) is 0 Å². The normalized spacial score (nSPS) is 19.3. The van der Waals surface area contributed by atoms with Gasteiger partial charge in [0.25, 0.3) is 0 Å². The lowest BCUT2D eigenvalue weighted by atomic mass is 9.99. The quantitative estimate of drug-likeness (QED) is 0.857. The van der Waals surface area contributed by atoms with Gasteiger partial charge in [0.05, 0.1) is 16.5 Å². The van der Waals surface area contributed by atoms with Crippen LogP contribution < -0.4 is 0 Å². The predicted molar refractivity (Wildman–Crippen MR) is 74.6 cm³/mol. The number of thiazole rings is 1. The number of aromatic nitrogens is 1. The number of hydrogen-bond donors (Lipinski definition) is 0. The van der Waals surface area contributed by atoms with Gasteiger partial charge in [-0.05, 0) is 33.6 Å². The van der Waals surface area contributed by atoms with Gasteiger partial charge >= 0.3 is 0 Å². The number of nitrogens with zero attached hydrogens (tertiary/aromatic N) is 2. The van der Waals surface area contributed by atoms with Crippen molar-refractivity contribution in [2.24, 2.45) is 0 Å². The molecule has 1 aromatic rings. The van der Waals surface area contributed by atoms with E-state index in [1.54, 1.807) is 22.6 Å². The van der Waals surface area contributed by atoms with Crippen molar-refractivity contribution in [3.05, 3.63) is 15.6 Å². The minimum atomic E-state index is -3.01. The van der Waals surface area contributed by atoms with Crippen LogP contribution in [0.2, 0.25) is 0 Å². The van der Waals surface area contributed by atoms with Crippen molar-refractivity contribution in [2.45, 2.75) is 39.5 Å². The molecule has 0 bridgehead atoms. The van der Waals surface area contributed by atoms with Crippen LogP contribution in [0.25, 0.3) is 0 Å². The van der Waals surface area contributed by atoms with E-state index in [1.165, 1.54) is 9.88 Å². The van der Waals surface area contributed by atoms with Gasteiger partial charge in [0.15, 0.2) is 0 Å². The summed E-state index contributed by atoms with van der Waals surface area (Å²) in [5, 5.41) is 1.18. The molecule has 0 aliphatic carbocycles. The highest BCUT2D eigenvalue weighted by Crippen LogP contribution is 2.32. The third-order valence-electron chi connectivity index (χ3n) is 3.61. The molecule has 18 heavy (non-hydrogen) atoms. The maximum Gasteiger partial charge on any atom is 0.213 e. The molecular weight excluding hydrogens is 268 g/mol. The van der Waals surface area contributed by atoms with Gasteiger partial charge in [-0.25, -0.2) is 17.7 Å². The van der Waals surface area contributed by atoms with E-state index in [4.69, 9.17) is 0 Å². The van der Waals surface area contributed by atoms with Gasteiger partial charge in [-0.2, -0.15) is 0 Å². The van der Waals surface area contributed by atoms with Gasteiger partial charge < -0.3 is 0 Å². The first-order valence-corrected chi connectivity index (χ1v) is 8.78. The number of piperidine rings is 1. The molecule has 0 spiro atoms. The fourth-order valence-electron chi connectivity index (χ4n) is 2.24. The summed E-state index contributed by atoms with van der Waals surface area (Å²) >= 11 is 1.76. The molecule has 0 radical (unpaired) electrons. The average Bonchev–Trinajstić information content (AvgIpc) is 2.70. The Labute approximate surface area is 113 Å². The molecule has 0 unspecified atom stereocenters. The maximum absolute atomic E-state index is 11.8. The van der Waals surface area contributed by atoms with Crippen molar-refractivity contribution in [3.63, 3.8) is 0 Å². The minimum absolute atomic E-state index is 0.202. The average molecular weight is 288 g/mol. The smallest absolute Gasteiger partial charge is 0.213 e. The van der Waals surface area contributed by atoms with Crippen LogP contribution in [0.1, 0.15) is 41.3 Å². The molecule has 2 heterocycles. The van der Waals surface area contributed by atoms with Crippen molar-refractivity contribution in [3.8, 4) is 0 Å². The van der Waals surface area contributed by atoms with Crippen molar-refractivity contribution in [1.29, 1.82) is 0 Å². The topological polar surface area (TPSA) is 50.3 Å². The van der Waals surface area contributed by atoms with Gasteiger partial charge in [-0.1, -0.05) is 0 Å². The molecule has 0 amide bonds. The van der Waals surface area contributed by atoms with Gasteiger partial charge in [-0.3, -0.25) is 0 Å². The molecule has 1 aromatic heterocycles. The first kappa shape index (κ1) is 14.0. The van der Waals surface area contributed by atoms with E-state index in [0.717, 1.165) is 18.5 Å². The Morgan fingerprint density at radius 1 is 1.33 bits per heavy atom. The van der Waals surface area contributed by atoms with E-state index in [9.17, 15) is 8.42 Å². The Bertz CT molecular complexity index is 495. The zero-order chi connectivity index (χ0) is 13.3. The second-order valence-corrected chi connectivity index (χ2v) is 8.26. The highest BCUT2D eigenvalue weighted by molar-refractivity contribution is 7.89. The summed E-state index contributed by atoms with van der Waals surface area (Å²) in [4.78, 5) is 5.86. The lowest BCUT2D eigenvalue weighted by molar-refractivity contribution is 0.319. The Balaban J connectivity index is 2.03. The third kappa shape index (κ3) is 2.75. The van der Waals surface area contributed by atoms with Crippen LogP contribution >= 0.6 is 11.3 Å². The zero-order valence-electron chi connectivity index (χ0n) is 11.1. The van der Waals surface area contributed by atoms with E-state index in [1.807, 2.05) is 6.92 Å². The second-order valence-electron chi connectivity index (χ2n) is 4.77. The van der Waals surface area contributed by atoms with Gasteiger partial charge in [0.2, 0.25) is 10.0 Å². The standard InChI is InChI=1S/C12H20N2O2S2/c1-4-18(15,16)14-7-5-11(6-8-14)12-13-9(2)10(3)17-12/h11H,4-8H2,1-3H3. The molecule has 0 N–H and O–H groups in total. The number of hydrogen-bond acceptors (Lipinski definition) is 4. The molecule has 1 saturated heterocycles. The van der Waals surface area contributed by atoms with Crippen LogP contribution in [-0.4, -0.2) is 36.5 Å². The molecule has 102 valence electrons. The first-order chi connectivity index (χ1) is 8.44. The molecule has 0 aromatic carbocycles. The second kappa shape index (κ2) is 5.27. The van der Waals surface area contributed by atoms with E-state index >= 15 is 0 Å². The van der Waals surface area contributed by atoms with E-state index in [-0.39, 0.29) is 5.75 Å². The molecular formula is C12H20N2O2S2. The highest BCUT2D eigenvalue weighted by Gasteiger charge is 2.28. The van der Waals surface area contributed by atoms with Crippen molar-refractivity contribution < 1.29 is 8.42 Å². The Morgan fingerprint density at radius 2 is 1.94 bits per heavy atom. The molecule has 0 saturated carbocycles. The maximum atomic E-state index is 11.8. The Kier molecular flexibility index (Phi) is 4.08. The van der Waals surface area contributed by atoms with Crippen LogP contribution in [0.3, 0.4) is 0 Å². The van der Waals surface area contributed by atoms with Crippen molar-refractivity contribution in [1.82, 2.24) is 9.29 Å². The van der Waals surface area contributed by atoms with Crippen molar-refractivity contribution in [2.75, 3.05) is 18.8 Å². The fraction of sp³-hybridized carbons (Fsp3) is 0.750. The molecule has 2 rings (SSSR count). The lowest BCUT2D eigenvalue weighted by Gasteiger charge is -2.29. The fourth-order valence-corrected chi connectivity index (χ4v) is 4.46. The highest BCUT2D eigenvalue weighted by atomic mass is 32.2. The SMILES string of the molecule is CCS(=O)(=O)N1CCC(c2nc(C)c(C)s2)CC1. The van der Waals surface area contributed by atoms with Gasteiger partial charge in [0.1, 0.15) is 0 Å². The lowest BCUT2D eigenvalue weighted by Crippen LogP contribution is -2.38. The van der Waals surface area contributed by atoms with E-state index in [2.05, 4.69) is 11.9 Å². The summed E-state index contributed by atoms with van der Waals surface area (Å²) < 4.78 is 25.2. The van der Waals surface area contributed by atoms with Crippen LogP contribution in [0, 0.1) is 13.8 Å². The Morgan fingerprint density at radius 3 is 2.39 bits per heavy atom. The molecule has 0 atom stereocenters. The Hall–Kier alpha value is -0.460. The summed E-state index contributed by atoms with van der Waals surface area (Å²) in [5.41, 5.74) is 1.11. The summed E-state index contributed by atoms with van der Waals surface area (Å²) in [6, 6.07) is 0. The van der Waals surface area contributed by atoms with Crippen molar-refractivity contribution >= 4 is 21.4 Å². The molecule has 1 aliphatic heterocycles. The van der Waals surface area contributed by atoms with Gasteiger partial charge in [-0.15, -0.1) is 11.3 Å². The van der Waals surface area contributed by atoms with Crippen LogP contribution in [0.5, 0.6) is 0 Å². The van der Waals surface area contributed by atoms with E-state index < -0.39 is 10.0 Å². The summed E-state index contributed by atoms with van der Waals surface area (Å²) in [6.07, 6.45) is 1.79.